The van der Waals surface area contributed by atoms with Gasteiger partial charge in [0, 0.05) is 24.2 Å². The van der Waals surface area contributed by atoms with Crippen molar-refractivity contribution in [3.63, 3.8) is 0 Å². The van der Waals surface area contributed by atoms with E-state index in [-0.39, 0.29) is 17.7 Å². The molecule has 9 heteroatoms. The van der Waals surface area contributed by atoms with Crippen molar-refractivity contribution < 1.29 is 32.7 Å². The van der Waals surface area contributed by atoms with Crippen LogP contribution in [0.25, 0.3) is 0 Å². The van der Waals surface area contributed by atoms with Crippen molar-refractivity contribution in [3.8, 4) is 0 Å². The molecule has 0 fully saturated rings. The molecule has 0 bridgehead atoms. The molecule has 0 saturated carbocycles. The second-order valence-corrected chi connectivity index (χ2v) is 4.95. The van der Waals surface area contributed by atoms with E-state index in [1.165, 1.54) is 6.92 Å². The molecule has 2 amide bonds. The minimum atomic E-state index is -4.70. The molecule has 1 aromatic carbocycles. The van der Waals surface area contributed by atoms with Gasteiger partial charge < -0.3 is 15.7 Å². The maximum atomic E-state index is 12.9. The van der Waals surface area contributed by atoms with E-state index in [9.17, 15) is 27.6 Å². The van der Waals surface area contributed by atoms with E-state index < -0.39 is 35.6 Å². The number of carboxylic acids is 1. The van der Waals surface area contributed by atoms with Gasteiger partial charge >= 0.3 is 12.1 Å². The molecule has 0 heterocycles. The molecule has 6 nitrogen and oxygen atoms in total. The van der Waals surface area contributed by atoms with Crippen molar-refractivity contribution in [1.29, 1.82) is 0 Å². The predicted molar refractivity (Wildman–Crippen MR) is 74.9 cm³/mol. The van der Waals surface area contributed by atoms with E-state index in [0.717, 1.165) is 13.0 Å². The summed E-state index contributed by atoms with van der Waals surface area (Å²) in [6.45, 7) is 2.53. The van der Waals surface area contributed by atoms with Gasteiger partial charge in [0.1, 0.15) is 0 Å². The smallest absolute Gasteiger partial charge is 0.416 e. The molecule has 1 unspecified atom stereocenters. The number of rotatable bonds is 5. The van der Waals surface area contributed by atoms with Gasteiger partial charge in [0.15, 0.2) is 0 Å². The summed E-state index contributed by atoms with van der Waals surface area (Å²) in [5.41, 5.74) is -1.61. The fraction of sp³-hybridized carbons (Fsp3) is 0.357. The van der Waals surface area contributed by atoms with Crippen molar-refractivity contribution >= 4 is 23.5 Å². The Morgan fingerprint density at radius 1 is 1.22 bits per heavy atom. The number of carbonyl (C=O) groups excluding carboxylic acids is 2. The van der Waals surface area contributed by atoms with Crippen LogP contribution < -0.4 is 10.6 Å². The lowest BCUT2D eigenvalue weighted by Crippen LogP contribution is -2.34. The zero-order valence-electron chi connectivity index (χ0n) is 12.3. The minimum absolute atomic E-state index is 0.177. The first-order valence-electron chi connectivity index (χ1n) is 6.51. The van der Waals surface area contributed by atoms with Gasteiger partial charge in [-0.1, -0.05) is 0 Å². The lowest BCUT2D eigenvalue weighted by atomic mass is 10.1. The fourth-order valence-corrected chi connectivity index (χ4v) is 1.82. The van der Waals surface area contributed by atoms with Gasteiger partial charge in [-0.15, -0.1) is 0 Å². The Hall–Kier alpha value is -2.58. The number of hydrogen-bond donors (Lipinski definition) is 3. The van der Waals surface area contributed by atoms with E-state index in [4.69, 9.17) is 5.11 Å². The molecule has 1 atom stereocenters. The molecule has 23 heavy (non-hydrogen) atoms. The van der Waals surface area contributed by atoms with Crippen molar-refractivity contribution in [3.05, 3.63) is 29.3 Å². The normalized spacial score (nSPS) is 12.4. The van der Waals surface area contributed by atoms with Crippen molar-refractivity contribution in [2.75, 3.05) is 5.32 Å². The molecule has 0 saturated heterocycles. The highest BCUT2D eigenvalue weighted by molar-refractivity contribution is 5.97. The fourth-order valence-electron chi connectivity index (χ4n) is 1.82. The summed E-state index contributed by atoms with van der Waals surface area (Å²) in [5.74, 6) is -2.60. The Morgan fingerprint density at radius 2 is 1.83 bits per heavy atom. The van der Waals surface area contributed by atoms with Crippen LogP contribution in [0.1, 0.15) is 36.2 Å². The Bertz CT molecular complexity index is 629. The van der Waals surface area contributed by atoms with Crippen LogP contribution in [0.3, 0.4) is 0 Å². The van der Waals surface area contributed by atoms with E-state index in [1.54, 1.807) is 0 Å². The van der Waals surface area contributed by atoms with E-state index >= 15 is 0 Å². The molecular formula is C14H15F3N2O4. The Balaban J connectivity index is 3.10. The third-order valence-electron chi connectivity index (χ3n) is 2.70. The monoisotopic (exact) mass is 332 g/mol. The molecule has 0 aromatic heterocycles. The SMILES string of the molecule is CC(=O)Nc1cc(C(=O)NC(C)CC(=O)O)cc(C(F)(F)F)c1. The van der Waals surface area contributed by atoms with Gasteiger partial charge in [-0.2, -0.15) is 13.2 Å². The zero-order valence-corrected chi connectivity index (χ0v) is 12.3. The van der Waals surface area contributed by atoms with Crippen LogP contribution in [0, 0.1) is 0 Å². The average molecular weight is 332 g/mol. The molecule has 0 spiro atoms. The van der Waals surface area contributed by atoms with Gasteiger partial charge in [0.05, 0.1) is 12.0 Å². The van der Waals surface area contributed by atoms with Gasteiger partial charge in [0.2, 0.25) is 5.91 Å². The largest absolute Gasteiger partial charge is 0.481 e. The van der Waals surface area contributed by atoms with Gasteiger partial charge in [-0.3, -0.25) is 14.4 Å². The standard InChI is InChI=1S/C14H15F3N2O4/c1-7(3-12(21)22)18-13(23)9-4-10(14(15,16)17)6-11(5-9)19-8(2)20/h4-7H,3H2,1-2H3,(H,18,23)(H,19,20)(H,21,22). The molecule has 0 aliphatic rings. The quantitative estimate of drug-likeness (QED) is 0.771. The predicted octanol–water partition coefficient (Wildman–Crippen LogP) is 2.26. The summed E-state index contributed by atoms with van der Waals surface area (Å²) in [7, 11) is 0. The van der Waals surface area contributed by atoms with Crippen LogP contribution >= 0.6 is 0 Å². The van der Waals surface area contributed by atoms with Gasteiger partial charge in [-0.25, -0.2) is 0 Å². The lowest BCUT2D eigenvalue weighted by Gasteiger charge is -2.15. The lowest BCUT2D eigenvalue weighted by molar-refractivity contribution is -0.138. The van der Waals surface area contributed by atoms with Crippen molar-refractivity contribution in [2.45, 2.75) is 32.5 Å². The summed E-state index contributed by atoms with van der Waals surface area (Å²) in [5, 5.41) is 13.1. The Morgan fingerprint density at radius 3 is 2.30 bits per heavy atom. The van der Waals surface area contributed by atoms with Crippen LogP contribution in [-0.2, 0) is 15.8 Å². The first-order valence-corrected chi connectivity index (χ1v) is 6.51. The summed E-state index contributed by atoms with van der Waals surface area (Å²) < 4.78 is 38.6. The third kappa shape index (κ3) is 5.97. The number of hydrogen-bond acceptors (Lipinski definition) is 3. The maximum Gasteiger partial charge on any atom is 0.416 e. The van der Waals surface area contributed by atoms with Gasteiger partial charge in [0.25, 0.3) is 5.91 Å². The first kappa shape index (κ1) is 18.5. The van der Waals surface area contributed by atoms with Crippen LogP contribution in [0.15, 0.2) is 18.2 Å². The van der Waals surface area contributed by atoms with Crippen LogP contribution in [-0.4, -0.2) is 28.9 Å². The summed E-state index contributed by atoms with van der Waals surface area (Å²) in [6.07, 6.45) is -5.07. The van der Waals surface area contributed by atoms with E-state index in [0.29, 0.717) is 12.1 Å². The molecule has 126 valence electrons. The molecule has 0 aliphatic heterocycles. The molecule has 3 N–H and O–H groups in total. The van der Waals surface area contributed by atoms with Crippen LogP contribution in [0.4, 0.5) is 18.9 Å². The van der Waals surface area contributed by atoms with Crippen molar-refractivity contribution in [2.24, 2.45) is 0 Å². The molecule has 0 radical (unpaired) electrons. The number of amides is 2. The number of anilines is 1. The number of aliphatic carboxylic acids is 1. The number of carbonyl (C=O) groups is 3. The topological polar surface area (TPSA) is 95.5 Å². The third-order valence-corrected chi connectivity index (χ3v) is 2.70. The van der Waals surface area contributed by atoms with Crippen LogP contribution in [0.5, 0.6) is 0 Å². The number of carboxylic acid groups (broad SMARTS) is 1. The average Bonchev–Trinajstić information content (AvgIpc) is 2.35. The van der Waals surface area contributed by atoms with Crippen LogP contribution in [0.2, 0.25) is 0 Å². The molecular weight excluding hydrogens is 317 g/mol. The highest BCUT2D eigenvalue weighted by Crippen LogP contribution is 2.32. The summed E-state index contributed by atoms with van der Waals surface area (Å²) in [4.78, 5) is 33.5. The summed E-state index contributed by atoms with van der Waals surface area (Å²) >= 11 is 0. The maximum absolute atomic E-state index is 12.9. The van der Waals surface area contributed by atoms with Gasteiger partial charge in [-0.05, 0) is 25.1 Å². The number of alkyl halides is 3. The minimum Gasteiger partial charge on any atom is -0.481 e. The highest BCUT2D eigenvalue weighted by Gasteiger charge is 2.32. The Labute approximate surface area is 129 Å². The molecule has 0 aliphatic carbocycles. The van der Waals surface area contributed by atoms with E-state index in [1.807, 2.05) is 0 Å². The molecule has 1 rings (SSSR count). The second kappa shape index (κ2) is 7.12. The Kier molecular flexibility index (Phi) is 5.72. The number of halogens is 3. The number of nitrogens with one attached hydrogen (secondary N) is 2. The zero-order chi connectivity index (χ0) is 17.8. The van der Waals surface area contributed by atoms with Crippen molar-refractivity contribution in [1.82, 2.24) is 5.32 Å². The highest BCUT2D eigenvalue weighted by atomic mass is 19.4. The van der Waals surface area contributed by atoms with E-state index in [2.05, 4.69) is 10.6 Å². The first-order chi connectivity index (χ1) is 10.5. The number of benzene rings is 1. The summed E-state index contributed by atoms with van der Waals surface area (Å²) in [6, 6.07) is 1.66. The second-order valence-electron chi connectivity index (χ2n) is 4.95. The molecule has 1 aromatic rings.